The third kappa shape index (κ3) is 3.40. The molecule has 164 valence electrons. The summed E-state index contributed by atoms with van der Waals surface area (Å²) in [6.45, 7) is 2.83. The zero-order chi connectivity index (χ0) is 21.7. The van der Waals surface area contributed by atoms with Gasteiger partial charge in [-0.2, -0.15) is 0 Å². The number of aromatic nitrogens is 4. The Kier molecular flexibility index (Phi) is 4.61. The molecule has 3 aromatic heterocycles. The fraction of sp³-hybridized carbons (Fsp3) is 0.375. The fourth-order valence-electron chi connectivity index (χ4n) is 4.72. The van der Waals surface area contributed by atoms with E-state index in [0.29, 0.717) is 5.82 Å². The average Bonchev–Trinajstić information content (AvgIpc) is 3.44. The highest BCUT2D eigenvalue weighted by Gasteiger charge is 2.27. The summed E-state index contributed by atoms with van der Waals surface area (Å²) in [6, 6.07) is 10.5. The van der Waals surface area contributed by atoms with Crippen LogP contribution in [0, 0.1) is 0 Å². The predicted molar refractivity (Wildman–Crippen MR) is 124 cm³/mol. The number of anilines is 2. The molecule has 8 heteroatoms. The minimum Gasteiger partial charge on any atom is -0.485 e. The third-order valence-electron chi connectivity index (χ3n) is 6.42. The van der Waals surface area contributed by atoms with E-state index in [4.69, 9.17) is 20.2 Å². The maximum absolute atomic E-state index is 6.37. The standard InChI is InChI=1S/C24H26N6O2/c1-14-12-26-23-20(31-14)11-16-4-2-15(10-19(16)29-23)3-5-17-6-7-21(32-17)30-9-8-18-22(25)27-13-28-24(18)30/h2,4,8-11,13-14,17,21H,3,5-7,12H2,1H3,(H,26,29)(H2,25,27,28)/t14-,17?,21?/m0/s1. The molecule has 0 aliphatic carbocycles. The second-order valence-corrected chi connectivity index (χ2v) is 8.72. The molecule has 0 amide bonds. The Labute approximate surface area is 185 Å². The molecule has 0 radical (unpaired) electrons. The van der Waals surface area contributed by atoms with Crippen molar-refractivity contribution in [3.8, 4) is 5.75 Å². The van der Waals surface area contributed by atoms with Gasteiger partial charge in [-0.05, 0) is 56.4 Å². The molecule has 32 heavy (non-hydrogen) atoms. The normalized spacial score (nSPS) is 22.6. The van der Waals surface area contributed by atoms with Crippen LogP contribution in [0.1, 0.15) is 38.0 Å². The number of hydrogen-bond donors (Lipinski definition) is 2. The van der Waals surface area contributed by atoms with Crippen LogP contribution in [0.25, 0.3) is 21.9 Å². The molecule has 5 heterocycles. The van der Waals surface area contributed by atoms with Crippen LogP contribution in [0.5, 0.6) is 5.75 Å². The highest BCUT2D eigenvalue weighted by molar-refractivity contribution is 5.86. The first-order chi connectivity index (χ1) is 15.6. The molecule has 8 nitrogen and oxygen atoms in total. The lowest BCUT2D eigenvalue weighted by Gasteiger charge is -2.24. The van der Waals surface area contributed by atoms with Crippen LogP contribution in [0.15, 0.2) is 42.9 Å². The van der Waals surface area contributed by atoms with E-state index in [1.807, 2.05) is 12.3 Å². The van der Waals surface area contributed by atoms with Gasteiger partial charge in [0.25, 0.3) is 0 Å². The number of nitrogen functional groups attached to an aromatic ring is 1. The van der Waals surface area contributed by atoms with Crippen LogP contribution in [0.4, 0.5) is 11.6 Å². The number of ether oxygens (including phenoxy) is 2. The van der Waals surface area contributed by atoms with Crippen LogP contribution in [-0.2, 0) is 11.2 Å². The van der Waals surface area contributed by atoms with Crippen LogP contribution in [-0.4, -0.2) is 38.3 Å². The Morgan fingerprint density at radius 2 is 2.12 bits per heavy atom. The van der Waals surface area contributed by atoms with E-state index in [9.17, 15) is 0 Å². The van der Waals surface area contributed by atoms with Crippen molar-refractivity contribution in [3.63, 3.8) is 0 Å². The summed E-state index contributed by atoms with van der Waals surface area (Å²) < 4.78 is 14.3. The molecule has 1 saturated heterocycles. The van der Waals surface area contributed by atoms with Crippen molar-refractivity contribution in [3.05, 3.63) is 48.4 Å². The van der Waals surface area contributed by atoms with E-state index < -0.39 is 0 Å². The zero-order valence-electron chi connectivity index (χ0n) is 18.0. The van der Waals surface area contributed by atoms with Crippen molar-refractivity contribution in [2.75, 3.05) is 17.6 Å². The molecule has 0 spiro atoms. The van der Waals surface area contributed by atoms with Crippen molar-refractivity contribution in [2.45, 2.75) is 51.0 Å². The Bertz CT molecular complexity index is 1300. The highest BCUT2D eigenvalue weighted by atomic mass is 16.5. The van der Waals surface area contributed by atoms with Crippen LogP contribution < -0.4 is 15.8 Å². The lowest BCUT2D eigenvalue weighted by molar-refractivity contribution is 0.00120. The second-order valence-electron chi connectivity index (χ2n) is 8.72. The fourth-order valence-corrected chi connectivity index (χ4v) is 4.72. The minimum atomic E-state index is -0.00920. The molecule has 6 rings (SSSR count). The van der Waals surface area contributed by atoms with Crippen LogP contribution >= 0.6 is 0 Å². The van der Waals surface area contributed by atoms with Gasteiger partial charge < -0.3 is 25.1 Å². The third-order valence-corrected chi connectivity index (χ3v) is 6.42. The average molecular weight is 431 g/mol. The molecule has 3 N–H and O–H groups in total. The monoisotopic (exact) mass is 430 g/mol. The molecule has 0 bridgehead atoms. The van der Waals surface area contributed by atoms with Gasteiger partial charge in [0, 0.05) is 11.6 Å². The number of rotatable bonds is 4. The van der Waals surface area contributed by atoms with E-state index in [1.165, 1.54) is 11.9 Å². The predicted octanol–water partition coefficient (Wildman–Crippen LogP) is 4.06. The van der Waals surface area contributed by atoms with E-state index in [1.54, 1.807) is 0 Å². The number of hydrogen-bond acceptors (Lipinski definition) is 7. The molecule has 4 aromatic rings. The van der Waals surface area contributed by atoms with Gasteiger partial charge in [0.2, 0.25) is 0 Å². The highest BCUT2D eigenvalue weighted by Crippen LogP contribution is 2.34. The van der Waals surface area contributed by atoms with E-state index in [2.05, 4.69) is 51.0 Å². The van der Waals surface area contributed by atoms with Gasteiger partial charge in [-0.3, -0.25) is 0 Å². The van der Waals surface area contributed by atoms with Gasteiger partial charge in [-0.15, -0.1) is 0 Å². The van der Waals surface area contributed by atoms with Crippen LogP contribution in [0.3, 0.4) is 0 Å². The molecule has 1 fully saturated rings. The van der Waals surface area contributed by atoms with Crippen molar-refractivity contribution < 1.29 is 9.47 Å². The zero-order valence-corrected chi connectivity index (χ0v) is 18.0. The number of nitrogens with zero attached hydrogens (tertiary/aromatic N) is 4. The lowest BCUT2D eigenvalue weighted by Crippen LogP contribution is -2.28. The van der Waals surface area contributed by atoms with Crippen molar-refractivity contribution in [2.24, 2.45) is 0 Å². The van der Waals surface area contributed by atoms with E-state index in [0.717, 1.165) is 65.7 Å². The second kappa shape index (κ2) is 7.63. The Hall–Kier alpha value is -3.39. The number of pyridine rings is 1. The van der Waals surface area contributed by atoms with Crippen molar-refractivity contribution >= 4 is 33.6 Å². The number of fused-ring (bicyclic) bond motifs is 3. The Morgan fingerprint density at radius 1 is 1.19 bits per heavy atom. The first kappa shape index (κ1) is 19.3. The number of nitrogens with two attached hydrogens (primary N) is 1. The van der Waals surface area contributed by atoms with Gasteiger partial charge in [-0.1, -0.05) is 12.1 Å². The molecular weight excluding hydrogens is 404 g/mol. The molecule has 3 atom stereocenters. The first-order valence-electron chi connectivity index (χ1n) is 11.2. The smallest absolute Gasteiger partial charge is 0.169 e. The van der Waals surface area contributed by atoms with E-state index >= 15 is 0 Å². The van der Waals surface area contributed by atoms with Gasteiger partial charge in [0.1, 0.15) is 30.1 Å². The topological polar surface area (TPSA) is 100 Å². The first-order valence-corrected chi connectivity index (χ1v) is 11.2. The molecule has 0 saturated carbocycles. The summed E-state index contributed by atoms with van der Waals surface area (Å²) in [5.74, 6) is 2.17. The SMILES string of the molecule is C[C@H]1CNc2nc3cc(CCC4CCC(n5ccc6c(N)ncnc65)O4)ccc3cc2O1. The van der Waals surface area contributed by atoms with Crippen LogP contribution in [0.2, 0.25) is 0 Å². The molecule has 2 unspecified atom stereocenters. The Balaban J connectivity index is 1.14. The maximum Gasteiger partial charge on any atom is 0.169 e. The summed E-state index contributed by atoms with van der Waals surface area (Å²) >= 11 is 0. The van der Waals surface area contributed by atoms with Gasteiger partial charge in [-0.25, -0.2) is 15.0 Å². The van der Waals surface area contributed by atoms with Gasteiger partial charge in [0.15, 0.2) is 11.6 Å². The van der Waals surface area contributed by atoms with Crippen molar-refractivity contribution in [1.82, 2.24) is 19.5 Å². The molecular formula is C24H26N6O2. The molecule has 1 aromatic carbocycles. The minimum absolute atomic E-state index is 0.00920. The molecule has 2 aliphatic rings. The lowest BCUT2D eigenvalue weighted by atomic mass is 10.0. The largest absolute Gasteiger partial charge is 0.485 e. The summed E-state index contributed by atoms with van der Waals surface area (Å²) in [5.41, 5.74) is 9.07. The summed E-state index contributed by atoms with van der Waals surface area (Å²) in [7, 11) is 0. The van der Waals surface area contributed by atoms with Gasteiger partial charge in [0.05, 0.1) is 23.6 Å². The van der Waals surface area contributed by atoms with Gasteiger partial charge >= 0.3 is 0 Å². The number of benzene rings is 1. The summed E-state index contributed by atoms with van der Waals surface area (Å²) in [5, 5.41) is 5.33. The van der Waals surface area contributed by atoms with Crippen molar-refractivity contribution in [1.29, 1.82) is 0 Å². The quantitative estimate of drug-likeness (QED) is 0.503. The summed E-state index contributed by atoms with van der Waals surface area (Å²) in [4.78, 5) is 13.2. The Morgan fingerprint density at radius 3 is 3.06 bits per heavy atom. The summed E-state index contributed by atoms with van der Waals surface area (Å²) in [6.07, 6.45) is 7.80. The number of aryl methyl sites for hydroxylation is 1. The number of nitrogens with one attached hydrogen (secondary N) is 1. The molecule has 2 aliphatic heterocycles. The maximum atomic E-state index is 6.37. The van der Waals surface area contributed by atoms with E-state index in [-0.39, 0.29) is 18.4 Å².